The Morgan fingerprint density at radius 2 is 2.24 bits per heavy atom. The average molecular weight is 251 g/mol. The van der Waals surface area contributed by atoms with Gasteiger partial charge in [0.15, 0.2) is 0 Å². The van der Waals surface area contributed by atoms with Crippen molar-refractivity contribution in [3.63, 3.8) is 0 Å². The Kier molecular flexibility index (Phi) is 3.76. The lowest BCUT2D eigenvalue weighted by atomic mass is 10.1. The van der Waals surface area contributed by atoms with Crippen LogP contribution in [0.5, 0.6) is 0 Å². The van der Waals surface area contributed by atoms with Crippen LogP contribution in [0, 0.1) is 0 Å². The summed E-state index contributed by atoms with van der Waals surface area (Å²) in [5, 5.41) is 4.85. The van der Waals surface area contributed by atoms with Crippen molar-refractivity contribution < 1.29 is 0 Å². The first-order valence-corrected chi connectivity index (χ1v) is 5.98. The summed E-state index contributed by atoms with van der Waals surface area (Å²) in [7, 11) is 0. The second-order valence-electron chi connectivity index (χ2n) is 3.85. The number of aryl methyl sites for hydroxylation is 1. The van der Waals surface area contributed by atoms with Gasteiger partial charge in [0.2, 0.25) is 0 Å². The quantitative estimate of drug-likeness (QED) is 0.907. The minimum Gasteiger partial charge on any atom is -0.319 e. The number of nitrogens with zero attached hydrogens (tertiary/aromatic N) is 3. The highest BCUT2D eigenvalue weighted by Crippen LogP contribution is 2.25. The van der Waals surface area contributed by atoms with Gasteiger partial charge in [-0.15, -0.1) is 0 Å². The van der Waals surface area contributed by atoms with Crippen molar-refractivity contribution >= 4 is 11.6 Å². The second kappa shape index (κ2) is 5.29. The first kappa shape index (κ1) is 12.1. The van der Waals surface area contributed by atoms with Crippen LogP contribution in [-0.4, -0.2) is 14.8 Å². The van der Waals surface area contributed by atoms with Gasteiger partial charge in [0.1, 0.15) is 0 Å². The molecule has 1 atom stereocenters. The third-order valence-electron chi connectivity index (χ3n) is 2.64. The average Bonchev–Trinajstić information content (AvgIpc) is 2.78. The lowest BCUT2D eigenvalue weighted by molar-refractivity contribution is 0.559. The number of halogens is 1. The van der Waals surface area contributed by atoms with Crippen molar-refractivity contribution in [3.8, 4) is 0 Å². The van der Waals surface area contributed by atoms with Gasteiger partial charge in [-0.3, -0.25) is 9.67 Å². The predicted molar refractivity (Wildman–Crippen MR) is 67.8 cm³/mol. The molecule has 0 aliphatic heterocycles. The van der Waals surface area contributed by atoms with Crippen LogP contribution >= 0.6 is 11.6 Å². The molecule has 0 saturated heterocycles. The van der Waals surface area contributed by atoms with Crippen LogP contribution in [0.1, 0.15) is 30.6 Å². The zero-order chi connectivity index (χ0) is 12.3. The molecule has 0 fully saturated rings. The van der Waals surface area contributed by atoms with Crippen LogP contribution in [0.3, 0.4) is 0 Å². The van der Waals surface area contributed by atoms with Crippen molar-refractivity contribution in [1.29, 1.82) is 0 Å². The molecular formula is C12H15ClN4. The van der Waals surface area contributed by atoms with E-state index in [4.69, 9.17) is 17.3 Å². The third-order valence-corrected chi connectivity index (χ3v) is 2.96. The van der Waals surface area contributed by atoms with E-state index < -0.39 is 0 Å². The van der Waals surface area contributed by atoms with Crippen LogP contribution in [0.4, 0.5) is 0 Å². The molecule has 4 nitrogen and oxygen atoms in total. The summed E-state index contributed by atoms with van der Waals surface area (Å²) in [4.78, 5) is 3.96. The summed E-state index contributed by atoms with van der Waals surface area (Å²) in [6.45, 7) is 2.97. The smallest absolute Gasteiger partial charge is 0.0738 e. The van der Waals surface area contributed by atoms with E-state index in [9.17, 15) is 0 Å². The highest BCUT2D eigenvalue weighted by molar-refractivity contribution is 6.31. The molecule has 0 radical (unpaired) electrons. The molecule has 2 N–H and O–H groups in total. The van der Waals surface area contributed by atoms with Gasteiger partial charge >= 0.3 is 0 Å². The van der Waals surface area contributed by atoms with E-state index in [1.54, 1.807) is 18.6 Å². The maximum atomic E-state index is 6.22. The lowest BCUT2D eigenvalue weighted by Crippen LogP contribution is -2.18. The van der Waals surface area contributed by atoms with Crippen LogP contribution in [0.25, 0.3) is 0 Å². The molecule has 90 valence electrons. The summed E-state index contributed by atoms with van der Waals surface area (Å²) in [5.74, 6) is 0. The van der Waals surface area contributed by atoms with E-state index in [1.807, 2.05) is 16.8 Å². The van der Waals surface area contributed by atoms with Gasteiger partial charge in [0.25, 0.3) is 0 Å². The van der Waals surface area contributed by atoms with E-state index in [1.165, 1.54) is 0 Å². The summed E-state index contributed by atoms with van der Waals surface area (Å²) in [5.41, 5.74) is 8.07. The fraction of sp³-hybridized carbons (Fsp3) is 0.333. The molecule has 1 unspecified atom stereocenters. The van der Waals surface area contributed by atoms with E-state index in [2.05, 4.69) is 17.0 Å². The van der Waals surface area contributed by atoms with Gasteiger partial charge in [-0.2, -0.15) is 5.10 Å². The monoisotopic (exact) mass is 250 g/mol. The summed E-state index contributed by atoms with van der Waals surface area (Å²) in [6.07, 6.45) is 6.09. The third kappa shape index (κ3) is 2.48. The highest BCUT2D eigenvalue weighted by atomic mass is 35.5. The van der Waals surface area contributed by atoms with Crippen molar-refractivity contribution in [2.24, 2.45) is 5.73 Å². The minimum absolute atomic E-state index is 0.264. The van der Waals surface area contributed by atoms with Gasteiger partial charge in [0.05, 0.1) is 16.8 Å². The first-order valence-electron chi connectivity index (χ1n) is 5.60. The Hall–Kier alpha value is -1.39. The number of aromatic nitrogens is 3. The van der Waals surface area contributed by atoms with Crippen molar-refractivity contribution in [2.45, 2.75) is 25.9 Å². The lowest BCUT2D eigenvalue weighted by Gasteiger charge is -2.15. The minimum atomic E-state index is -0.264. The summed E-state index contributed by atoms with van der Waals surface area (Å²) >= 11 is 6.09. The fourth-order valence-electron chi connectivity index (χ4n) is 1.80. The topological polar surface area (TPSA) is 56.7 Å². The van der Waals surface area contributed by atoms with Crippen molar-refractivity contribution in [3.05, 3.63) is 47.0 Å². The summed E-state index contributed by atoms with van der Waals surface area (Å²) < 4.78 is 1.92. The molecule has 0 aromatic carbocycles. The van der Waals surface area contributed by atoms with E-state index >= 15 is 0 Å². The van der Waals surface area contributed by atoms with Gasteiger partial charge in [-0.05, 0) is 24.1 Å². The van der Waals surface area contributed by atoms with E-state index in [-0.39, 0.29) is 6.04 Å². The molecule has 0 amide bonds. The molecular weight excluding hydrogens is 236 g/mol. The Bertz CT molecular complexity index is 495. The maximum absolute atomic E-state index is 6.22. The molecule has 17 heavy (non-hydrogen) atoms. The maximum Gasteiger partial charge on any atom is 0.0738 e. The SMILES string of the molecule is CCCn1nccc1C(N)c1ccncc1Cl. The van der Waals surface area contributed by atoms with Crippen LogP contribution in [0.15, 0.2) is 30.7 Å². The Morgan fingerprint density at radius 3 is 2.94 bits per heavy atom. The number of hydrogen-bond donors (Lipinski definition) is 1. The Morgan fingerprint density at radius 1 is 1.41 bits per heavy atom. The van der Waals surface area contributed by atoms with Gasteiger partial charge in [-0.1, -0.05) is 18.5 Å². The van der Waals surface area contributed by atoms with Crippen molar-refractivity contribution in [2.75, 3.05) is 0 Å². The molecule has 2 heterocycles. The van der Waals surface area contributed by atoms with Crippen molar-refractivity contribution in [1.82, 2.24) is 14.8 Å². The number of hydrogen-bond acceptors (Lipinski definition) is 3. The molecule has 2 aromatic heterocycles. The molecule has 0 spiro atoms. The molecule has 0 saturated carbocycles. The van der Waals surface area contributed by atoms with Gasteiger partial charge in [0, 0.05) is 25.1 Å². The molecule has 5 heteroatoms. The summed E-state index contributed by atoms with van der Waals surface area (Å²) in [6, 6.07) is 3.51. The molecule has 2 aromatic rings. The molecule has 2 rings (SSSR count). The van der Waals surface area contributed by atoms with Crippen LogP contribution in [0.2, 0.25) is 5.02 Å². The van der Waals surface area contributed by atoms with E-state index in [0.717, 1.165) is 24.2 Å². The second-order valence-corrected chi connectivity index (χ2v) is 4.26. The Balaban J connectivity index is 2.34. The molecule has 0 aliphatic carbocycles. The van der Waals surface area contributed by atoms with Crippen LogP contribution < -0.4 is 5.73 Å². The van der Waals surface area contributed by atoms with Crippen LogP contribution in [-0.2, 0) is 6.54 Å². The normalized spacial score (nSPS) is 12.6. The number of pyridine rings is 1. The molecule has 0 bridgehead atoms. The number of rotatable bonds is 4. The van der Waals surface area contributed by atoms with Gasteiger partial charge in [-0.25, -0.2) is 0 Å². The van der Waals surface area contributed by atoms with Gasteiger partial charge < -0.3 is 5.73 Å². The molecule has 0 aliphatic rings. The standard InChI is InChI=1S/C12H15ClN4/c1-2-7-17-11(4-6-16-17)12(14)9-3-5-15-8-10(9)13/h3-6,8,12H,2,7,14H2,1H3. The zero-order valence-corrected chi connectivity index (χ0v) is 10.4. The Labute approximate surface area is 105 Å². The number of nitrogens with two attached hydrogens (primary N) is 1. The van der Waals surface area contributed by atoms with E-state index in [0.29, 0.717) is 5.02 Å². The predicted octanol–water partition coefficient (Wildman–Crippen LogP) is 2.39. The first-order chi connectivity index (χ1) is 8.24. The fourth-order valence-corrected chi connectivity index (χ4v) is 2.04. The highest BCUT2D eigenvalue weighted by Gasteiger charge is 2.16. The largest absolute Gasteiger partial charge is 0.319 e. The zero-order valence-electron chi connectivity index (χ0n) is 9.68.